The van der Waals surface area contributed by atoms with Crippen LogP contribution in [-0.4, -0.2) is 37.1 Å². The molecule has 1 aromatic carbocycles. The fraction of sp³-hybridized carbons (Fsp3) is 0.450. The number of ether oxygens (including phenoxy) is 2. The van der Waals surface area contributed by atoms with Crippen molar-refractivity contribution >= 4 is 17.6 Å². The summed E-state index contributed by atoms with van der Waals surface area (Å²) in [5.41, 5.74) is -1.25. The van der Waals surface area contributed by atoms with Crippen LogP contribution >= 0.6 is 0 Å². The molecule has 2 unspecified atom stereocenters. The van der Waals surface area contributed by atoms with E-state index in [9.17, 15) is 25.0 Å². The molecule has 154 valence electrons. The molecule has 29 heavy (non-hydrogen) atoms. The summed E-state index contributed by atoms with van der Waals surface area (Å²) in [6.07, 6.45) is 0. The van der Waals surface area contributed by atoms with Crippen molar-refractivity contribution in [1.29, 1.82) is 5.26 Å². The highest BCUT2D eigenvalue weighted by Crippen LogP contribution is 2.46. The molecule has 0 fully saturated rings. The number of nitrogens with one attached hydrogen (secondary N) is 1. The predicted octanol–water partition coefficient (Wildman–Crippen LogP) is 2.44. The number of non-ortho nitro benzene ring substituents is 1. The average Bonchev–Trinajstić information content (AvgIpc) is 2.71. The average molecular weight is 401 g/mol. The number of hydrogen-bond donors (Lipinski definition) is 1. The summed E-state index contributed by atoms with van der Waals surface area (Å²) in [5.74, 6) is -2.59. The van der Waals surface area contributed by atoms with E-state index in [1.54, 1.807) is 13.0 Å². The number of nitrogens with zero attached hydrogens (tertiary/aromatic N) is 2. The second-order valence-electron chi connectivity index (χ2n) is 7.24. The fourth-order valence-electron chi connectivity index (χ4n) is 3.29. The Kier molecular flexibility index (Phi) is 6.59. The minimum atomic E-state index is -1.80. The zero-order valence-electron chi connectivity index (χ0n) is 16.7. The molecule has 1 N–H and O–H groups in total. The number of rotatable bonds is 6. The molecule has 9 heteroatoms. The van der Waals surface area contributed by atoms with E-state index >= 15 is 0 Å². The molecule has 9 nitrogen and oxygen atoms in total. The molecule has 1 heterocycles. The van der Waals surface area contributed by atoms with Gasteiger partial charge in [0.25, 0.3) is 5.69 Å². The van der Waals surface area contributed by atoms with Gasteiger partial charge in [0.05, 0.1) is 30.3 Å². The molecule has 0 bridgehead atoms. The molecule has 0 saturated heterocycles. The van der Waals surface area contributed by atoms with Gasteiger partial charge in [-0.25, -0.2) is 4.79 Å². The van der Waals surface area contributed by atoms with Crippen LogP contribution in [0.15, 0.2) is 35.5 Å². The van der Waals surface area contributed by atoms with Crippen molar-refractivity contribution in [1.82, 2.24) is 5.32 Å². The van der Waals surface area contributed by atoms with Crippen molar-refractivity contribution in [2.24, 2.45) is 11.3 Å². The van der Waals surface area contributed by atoms with E-state index in [1.165, 1.54) is 25.3 Å². The highest BCUT2D eigenvalue weighted by molar-refractivity contribution is 5.95. The Bertz CT molecular complexity index is 902. The minimum Gasteiger partial charge on any atom is -0.466 e. The fourth-order valence-corrected chi connectivity index (χ4v) is 3.29. The molecule has 0 radical (unpaired) electrons. The van der Waals surface area contributed by atoms with Crippen LogP contribution in [0, 0.1) is 32.8 Å². The third-order valence-electron chi connectivity index (χ3n) is 4.75. The number of nitriles is 1. The molecule has 2 atom stereocenters. The zero-order valence-corrected chi connectivity index (χ0v) is 16.7. The first-order valence-corrected chi connectivity index (χ1v) is 9.03. The van der Waals surface area contributed by atoms with Gasteiger partial charge in [-0.1, -0.05) is 26.0 Å². The van der Waals surface area contributed by atoms with Crippen molar-refractivity contribution in [3.63, 3.8) is 0 Å². The lowest BCUT2D eigenvalue weighted by Gasteiger charge is -2.39. The second kappa shape index (κ2) is 8.73. The summed E-state index contributed by atoms with van der Waals surface area (Å²) >= 11 is 0. The van der Waals surface area contributed by atoms with Gasteiger partial charge >= 0.3 is 11.9 Å². The molecular formula is C20H23N3O6. The molecule has 0 aromatic heterocycles. The summed E-state index contributed by atoms with van der Waals surface area (Å²) in [7, 11) is 1.19. The van der Waals surface area contributed by atoms with Gasteiger partial charge in [0.2, 0.25) is 0 Å². The summed E-state index contributed by atoms with van der Waals surface area (Å²) < 4.78 is 10.2. The maximum absolute atomic E-state index is 13.0. The summed E-state index contributed by atoms with van der Waals surface area (Å²) in [6.45, 7) is 5.32. The van der Waals surface area contributed by atoms with Gasteiger partial charge in [-0.05, 0) is 18.4 Å². The molecule has 0 amide bonds. The topological polar surface area (TPSA) is 132 Å². The lowest BCUT2D eigenvalue weighted by Crippen LogP contribution is -2.51. The first kappa shape index (κ1) is 21.9. The number of allylic oxidation sites excluding steroid dienone is 1. The normalized spacial score (nSPS) is 21.2. The van der Waals surface area contributed by atoms with E-state index < -0.39 is 28.2 Å². The van der Waals surface area contributed by atoms with Crippen molar-refractivity contribution in [3.05, 3.63) is 51.2 Å². The van der Waals surface area contributed by atoms with Gasteiger partial charge in [0.15, 0.2) is 5.41 Å². The molecule has 0 spiro atoms. The Labute approximate surface area is 168 Å². The van der Waals surface area contributed by atoms with E-state index in [2.05, 4.69) is 5.32 Å². The van der Waals surface area contributed by atoms with Crippen molar-refractivity contribution in [2.75, 3.05) is 20.3 Å². The van der Waals surface area contributed by atoms with Gasteiger partial charge in [-0.15, -0.1) is 0 Å². The van der Waals surface area contributed by atoms with Crippen molar-refractivity contribution in [3.8, 4) is 6.07 Å². The standard InChI is InChI=1S/C20H23N3O6/c1-12(2)9-29-19(25)20(10-21)11-22-13(3)16(18(24)28-4)17(20)14-6-5-7-15(8-14)23(26)27/h5-8,12,17,22H,9,11H2,1-4H3. The second-order valence-corrected chi connectivity index (χ2v) is 7.24. The van der Waals surface area contributed by atoms with E-state index in [1.807, 2.05) is 19.9 Å². The first-order chi connectivity index (χ1) is 13.7. The maximum Gasteiger partial charge on any atom is 0.336 e. The number of carbonyl (C=O) groups excluding carboxylic acids is 2. The quantitative estimate of drug-likeness (QED) is 0.437. The molecule has 2 rings (SSSR count). The molecule has 0 saturated carbocycles. The third-order valence-corrected chi connectivity index (χ3v) is 4.75. The van der Waals surface area contributed by atoms with Crippen molar-refractivity contribution < 1.29 is 24.0 Å². The minimum absolute atomic E-state index is 0.0415. The van der Waals surface area contributed by atoms with E-state index in [-0.39, 0.29) is 35.9 Å². The van der Waals surface area contributed by atoms with Crippen LogP contribution in [0.3, 0.4) is 0 Å². The lowest BCUT2D eigenvalue weighted by molar-refractivity contribution is -0.384. The number of methoxy groups -OCH3 is 1. The number of hydrogen-bond acceptors (Lipinski definition) is 8. The highest BCUT2D eigenvalue weighted by Gasteiger charge is 2.54. The van der Waals surface area contributed by atoms with E-state index in [4.69, 9.17) is 9.47 Å². The SMILES string of the molecule is COC(=O)C1=C(C)NCC(C#N)(C(=O)OCC(C)C)C1c1cccc([N+](=O)[O-])c1. The van der Waals surface area contributed by atoms with Gasteiger partial charge in [-0.2, -0.15) is 5.26 Å². The van der Waals surface area contributed by atoms with E-state index in [0.717, 1.165) is 0 Å². The Balaban J connectivity index is 2.71. The molecule has 0 aliphatic carbocycles. The van der Waals surface area contributed by atoms with Crippen LogP contribution < -0.4 is 5.32 Å². The van der Waals surface area contributed by atoms with Crippen LogP contribution in [0.2, 0.25) is 0 Å². The largest absolute Gasteiger partial charge is 0.466 e. The zero-order chi connectivity index (χ0) is 21.8. The molecule has 1 aliphatic rings. The maximum atomic E-state index is 13.0. The number of benzene rings is 1. The smallest absolute Gasteiger partial charge is 0.336 e. The van der Waals surface area contributed by atoms with Gasteiger partial charge < -0.3 is 14.8 Å². The Morgan fingerprint density at radius 1 is 1.45 bits per heavy atom. The van der Waals surface area contributed by atoms with Crippen LogP contribution in [0.1, 0.15) is 32.3 Å². The first-order valence-electron chi connectivity index (χ1n) is 9.03. The lowest BCUT2D eigenvalue weighted by atomic mass is 9.66. The molecular weight excluding hydrogens is 378 g/mol. The predicted molar refractivity (Wildman–Crippen MR) is 102 cm³/mol. The Hall–Kier alpha value is -3.41. The summed E-state index contributed by atoms with van der Waals surface area (Å²) in [6, 6.07) is 7.56. The number of nitro benzene ring substituents is 1. The van der Waals surface area contributed by atoms with E-state index in [0.29, 0.717) is 5.70 Å². The Morgan fingerprint density at radius 2 is 2.14 bits per heavy atom. The number of nitro groups is 1. The number of esters is 2. The van der Waals surface area contributed by atoms with Crippen LogP contribution in [0.5, 0.6) is 0 Å². The van der Waals surface area contributed by atoms with Crippen LogP contribution in [0.25, 0.3) is 0 Å². The number of carbonyl (C=O) groups is 2. The monoisotopic (exact) mass is 401 g/mol. The van der Waals surface area contributed by atoms with Gasteiger partial charge in [-0.3, -0.25) is 14.9 Å². The summed E-state index contributed by atoms with van der Waals surface area (Å²) in [5, 5.41) is 24.2. The van der Waals surface area contributed by atoms with Crippen molar-refractivity contribution in [2.45, 2.75) is 26.7 Å². The highest BCUT2D eigenvalue weighted by atomic mass is 16.6. The molecule has 1 aliphatic heterocycles. The van der Waals surface area contributed by atoms with Gasteiger partial charge in [0.1, 0.15) is 0 Å². The third kappa shape index (κ3) is 4.21. The van der Waals surface area contributed by atoms with Crippen LogP contribution in [0.4, 0.5) is 5.69 Å². The molecule has 1 aromatic rings. The summed E-state index contributed by atoms with van der Waals surface area (Å²) in [4.78, 5) is 36.3. The van der Waals surface area contributed by atoms with Gasteiger partial charge in [0, 0.05) is 30.3 Å². The Morgan fingerprint density at radius 3 is 2.69 bits per heavy atom. The van der Waals surface area contributed by atoms with Crippen LogP contribution in [-0.2, 0) is 19.1 Å².